The predicted molar refractivity (Wildman–Crippen MR) is 60.5 cm³/mol. The number of aryl methyl sites for hydroxylation is 1. The minimum atomic E-state index is 0.202. The van der Waals surface area contributed by atoms with E-state index in [4.69, 9.17) is 5.73 Å². The van der Waals surface area contributed by atoms with Gasteiger partial charge in [0.25, 0.3) is 0 Å². The fourth-order valence-corrected chi connectivity index (χ4v) is 2.21. The van der Waals surface area contributed by atoms with Gasteiger partial charge >= 0.3 is 0 Å². The van der Waals surface area contributed by atoms with Crippen LogP contribution in [0.4, 0.5) is 5.69 Å². The monoisotopic (exact) mass is 190 g/mol. The molecule has 3 N–H and O–H groups in total. The van der Waals surface area contributed by atoms with E-state index in [1.54, 1.807) is 0 Å². The van der Waals surface area contributed by atoms with Crippen molar-refractivity contribution in [3.63, 3.8) is 0 Å². The van der Waals surface area contributed by atoms with E-state index in [1.807, 2.05) is 0 Å². The Morgan fingerprint density at radius 1 is 1.50 bits per heavy atom. The molecule has 0 radical (unpaired) electrons. The number of nitrogens with two attached hydrogens (primary N) is 1. The van der Waals surface area contributed by atoms with Gasteiger partial charge in [-0.3, -0.25) is 0 Å². The van der Waals surface area contributed by atoms with Crippen LogP contribution in [0.15, 0.2) is 18.2 Å². The third kappa shape index (κ3) is 1.50. The second-order valence-corrected chi connectivity index (χ2v) is 4.12. The van der Waals surface area contributed by atoms with Crippen molar-refractivity contribution in [2.45, 2.75) is 38.8 Å². The number of rotatable bonds is 1. The Bertz CT molecular complexity index is 333. The van der Waals surface area contributed by atoms with E-state index in [9.17, 15) is 0 Å². The lowest BCUT2D eigenvalue weighted by molar-refractivity contribution is 0.569. The average Bonchev–Trinajstić information content (AvgIpc) is 2.17. The summed E-state index contributed by atoms with van der Waals surface area (Å²) in [5, 5.41) is 3.53. The minimum absolute atomic E-state index is 0.202. The molecule has 1 aromatic rings. The molecule has 1 aromatic carbocycles. The summed E-state index contributed by atoms with van der Waals surface area (Å²) in [7, 11) is 0. The molecule has 1 heterocycles. The van der Waals surface area contributed by atoms with E-state index in [0.717, 1.165) is 12.8 Å². The number of anilines is 1. The number of hydrogen-bond acceptors (Lipinski definition) is 2. The second-order valence-electron chi connectivity index (χ2n) is 4.12. The SMILES string of the molecule is CCc1cccc2c1NC(C)CC2N. The zero-order valence-electron chi connectivity index (χ0n) is 8.88. The number of nitrogens with one attached hydrogen (secondary N) is 1. The summed E-state index contributed by atoms with van der Waals surface area (Å²) in [5.74, 6) is 0. The Morgan fingerprint density at radius 3 is 3.00 bits per heavy atom. The Kier molecular flexibility index (Phi) is 2.46. The molecule has 1 aliphatic heterocycles. The first-order valence-electron chi connectivity index (χ1n) is 5.36. The summed E-state index contributed by atoms with van der Waals surface area (Å²) in [6, 6.07) is 7.11. The largest absolute Gasteiger partial charge is 0.382 e. The number of para-hydroxylation sites is 1. The molecule has 0 fully saturated rings. The highest BCUT2D eigenvalue weighted by Gasteiger charge is 2.22. The quantitative estimate of drug-likeness (QED) is 0.714. The van der Waals surface area contributed by atoms with Gasteiger partial charge in [-0.25, -0.2) is 0 Å². The highest BCUT2D eigenvalue weighted by atomic mass is 14.9. The van der Waals surface area contributed by atoms with Crippen LogP contribution in [0, 0.1) is 0 Å². The zero-order valence-corrected chi connectivity index (χ0v) is 8.88. The molecule has 2 unspecified atom stereocenters. The van der Waals surface area contributed by atoms with Gasteiger partial charge in [0.15, 0.2) is 0 Å². The van der Waals surface area contributed by atoms with Crippen molar-refractivity contribution in [3.8, 4) is 0 Å². The fraction of sp³-hybridized carbons (Fsp3) is 0.500. The molecule has 76 valence electrons. The third-order valence-electron chi connectivity index (χ3n) is 2.96. The van der Waals surface area contributed by atoms with Crippen LogP contribution < -0.4 is 11.1 Å². The topological polar surface area (TPSA) is 38.0 Å². The first kappa shape index (κ1) is 9.53. The normalized spacial score (nSPS) is 25.4. The van der Waals surface area contributed by atoms with Crippen molar-refractivity contribution in [1.29, 1.82) is 0 Å². The average molecular weight is 190 g/mol. The van der Waals surface area contributed by atoms with Crippen LogP contribution in [-0.2, 0) is 6.42 Å². The summed E-state index contributed by atoms with van der Waals surface area (Å²) in [6.07, 6.45) is 2.09. The smallest absolute Gasteiger partial charge is 0.0423 e. The van der Waals surface area contributed by atoms with Gasteiger partial charge in [-0.05, 0) is 30.9 Å². The molecule has 0 bridgehead atoms. The maximum absolute atomic E-state index is 6.12. The van der Waals surface area contributed by atoms with Crippen LogP contribution in [0.1, 0.15) is 37.4 Å². The molecule has 0 aromatic heterocycles. The van der Waals surface area contributed by atoms with Crippen molar-refractivity contribution in [3.05, 3.63) is 29.3 Å². The number of fused-ring (bicyclic) bond motifs is 1. The van der Waals surface area contributed by atoms with Gasteiger partial charge < -0.3 is 11.1 Å². The fourth-order valence-electron chi connectivity index (χ4n) is 2.21. The highest BCUT2D eigenvalue weighted by Crippen LogP contribution is 2.33. The maximum atomic E-state index is 6.12. The van der Waals surface area contributed by atoms with Crippen LogP contribution in [0.2, 0.25) is 0 Å². The summed E-state index contributed by atoms with van der Waals surface area (Å²) in [4.78, 5) is 0. The summed E-state index contributed by atoms with van der Waals surface area (Å²) < 4.78 is 0. The molecule has 0 saturated heterocycles. The summed E-state index contributed by atoms with van der Waals surface area (Å²) in [5.41, 5.74) is 10.1. The molecule has 0 saturated carbocycles. The van der Waals surface area contributed by atoms with Crippen molar-refractivity contribution in [2.75, 3.05) is 5.32 Å². The first-order chi connectivity index (χ1) is 6.72. The Balaban J connectivity index is 2.47. The molecule has 0 aliphatic carbocycles. The third-order valence-corrected chi connectivity index (χ3v) is 2.96. The van der Waals surface area contributed by atoms with E-state index in [2.05, 4.69) is 37.4 Å². The van der Waals surface area contributed by atoms with Gasteiger partial charge in [0, 0.05) is 17.8 Å². The molecule has 0 amide bonds. The lowest BCUT2D eigenvalue weighted by Crippen LogP contribution is -2.30. The standard InChI is InChI=1S/C12H18N2/c1-3-9-5-4-6-10-11(13)7-8(2)14-12(9)10/h4-6,8,11,14H,3,7,13H2,1-2H3. The van der Waals surface area contributed by atoms with Crippen molar-refractivity contribution in [2.24, 2.45) is 5.73 Å². The van der Waals surface area contributed by atoms with E-state index in [-0.39, 0.29) is 6.04 Å². The van der Waals surface area contributed by atoms with Crippen LogP contribution in [0.25, 0.3) is 0 Å². The van der Waals surface area contributed by atoms with Crippen LogP contribution in [0.5, 0.6) is 0 Å². The van der Waals surface area contributed by atoms with E-state index in [1.165, 1.54) is 16.8 Å². The molecule has 0 spiro atoms. The van der Waals surface area contributed by atoms with E-state index in [0.29, 0.717) is 6.04 Å². The van der Waals surface area contributed by atoms with Gasteiger partial charge in [-0.15, -0.1) is 0 Å². The van der Waals surface area contributed by atoms with Crippen LogP contribution >= 0.6 is 0 Å². The van der Waals surface area contributed by atoms with Crippen molar-refractivity contribution >= 4 is 5.69 Å². The Labute approximate surface area is 85.5 Å². The first-order valence-corrected chi connectivity index (χ1v) is 5.36. The molecule has 1 aliphatic rings. The lowest BCUT2D eigenvalue weighted by atomic mass is 9.91. The molecular formula is C12H18N2. The second kappa shape index (κ2) is 3.62. The summed E-state index contributed by atoms with van der Waals surface area (Å²) >= 11 is 0. The van der Waals surface area contributed by atoms with Gasteiger partial charge in [-0.1, -0.05) is 25.1 Å². The molecule has 14 heavy (non-hydrogen) atoms. The lowest BCUT2D eigenvalue weighted by Gasteiger charge is -2.30. The number of hydrogen-bond donors (Lipinski definition) is 2. The summed E-state index contributed by atoms with van der Waals surface area (Å²) in [6.45, 7) is 4.37. The van der Waals surface area contributed by atoms with Crippen molar-refractivity contribution in [1.82, 2.24) is 0 Å². The van der Waals surface area contributed by atoms with Gasteiger partial charge in [0.05, 0.1) is 0 Å². The Morgan fingerprint density at radius 2 is 2.29 bits per heavy atom. The molecule has 2 atom stereocenters. The zero-order chi connectivity index (χ0) is 10.1. The molecule has 2 rings (SSSR count). The predicted octanol–water partition coefficient (Wildman–Crippen LogP) is 2.45. The van der Waals surface area contributed by atoms with E-state index < -0.39 is 0 Å². The number of benzene rings is 1. The highest BCUT2D eigenvalue weighted by molar-refractivity contribution is 5.61. The maximum Gasteiger partial charge on any atom is 0.0423 e. The van der Waals surface area contributed by atoms with Gasteiger partial charge in [0.2, 0.25) is 0 Å². The van der Waals surface area contributed by atoms with E-state index >= 15 is 0 Å². The molecular weight excluding hydrogens is 172 g/mol. The molecule has 2 heteroatoms. The molecule has 2 nitrogen and oxygen atoms in total. The van der Waals surface area contributed by atoms with Gasteiger partial charge in [-0.2, -0.15) is 0 Å². The minimum Gasteiger partial charge on any atom is -0.382 e. The Hall–Kier alpha value is -1.02. The van der Waals surface area contributed by atoms with Crippen LogP contribution in [-0.4, -0.2) is 6.04 Å². The van der Waals surface area contributed by atoms with Crippen LogP contribution in [0.3, 0.4) is 0 Å². The van der Waals surface area contributed by atoms with Gasteiger partial charge in [0.1, 0.15) is 0 Å². The van der Waals surface area contributed by atoms with Crippen molar-refractivity contribution < 1.29 is 0 Å².